The van der Waals surface area contributed by atoms with E-state index in [-0.39, 0.29) is 6.04 Å². The molecule has 0 saturated carbocycles. The Labute approximate surface area is 150 Å². The Hall–Kier alpha value is -1.30. The first kappa shape index (κ1) is 18.0. The number of hydrogen-bond acceptors (Lipinski definition) is 3. The molecule has 2 aromatic rings. The predicted molar refractivity (Wildman–Crippen MR) is 99.8 cm³/mol. The molecule has 0 aliphatic rings. The summed E-state index contributed by atoms with van der Waals surface area (Å²) in [6.07, 6.45) is 0.843. The molecule has 0 radical (unpaired) electrons. The van der Waals surface area contributed by atoms with E-state index in [1.54, 1.807) is 17.4 Å². The molecule has 1 aromatic carbocycles. The highest BCUT2D eigenvalue weighted by atomic mass is 35.5. The van der Waals surface area contributed by atoms with Crippen molar-refractivity contribution in [2.24, 2.45) is 10.7 Å². The van der Waals surface area contributed by atoms with Gasteiger partial charge >= 0.3 is 0 Å². The van der Waals surface area contributed by atoms with Gasteiger partial charge in [-0.2, -0.15) is 0 Å². The lowest BCUT2D eigenvalue weighted by molar-refractivity contribution is 0.707. The van der Waals surface area contributed by atoms with Crippen molar-refractivity contribution in [2.75, 3.05) is 6.54 Å². The Kier molecular flexibility index (Phi) is 6.27. The number of benzene rings is 1. The number of aryl methyl sites for hydroxylation is 2. The smallest absolute Gasteiger partial charge is 0.189 e. The number of nitrogens with one attached hydrogen (secondary N) is 1. The van der Waals surface area contributed by atoms with Crippen LogP contribution >= 0.6 is 34.5 Å². The lowest BCUT2D eigenvalue weighted by Gasteiger charge is -2.16. The van der Waals surface area contributed by atoms with Gasteiger partial charge < -0.3 is 11.1 Å². The van der Waals surface area contributed by atoms with E-state index in [1.165, 1.54) is 4.88 Å². The fraction of sp³-hybridized carbons (Fsp3) is 0.375. The van der Waals surface area contributed by atoms with E-state index in [9.17, 15) is 0 Å². The summed E-state index contributed by atoms with van der Waals surface area (Å²) >= 11 is 13.8. The van der Waals surface area contributed by atoms with Crippen LogP contribution in [0.25, 0.3) is 0 Å². The molecule has 4 nitrogen and oxygen atoms in total. The number of nitrogens with two attached hydrogens (primary N) is 1. The van der Waals surface area contributed by atoms with Gasteiger partial charge in [-0.25, -0.2) is 4.98 Å². The molecule has 23 heavy (non-hydrogen) atoms. The fourth-order valence-corrected chi connectivity index (χ4v) is 3.78. The zero-order valence-electron chi connectivity index (χ0n) is 13.4. The maximum atomic E-state index is 6.20. The van der Waals surface area contributed by atoms with Crippen molar-refractivity contribution in [1.29, 1.82) is 0 Å². The number of rotatable bonds is 5. The van der Waals surface area contributed by atoms with Gasteiger partial charge in [0, 0.05) is 27.9 Å². The molecule has 1 unspecified atom stereocenters. The molecule has 1 heterocycles. The van der Waals surface area contributed by atoms with Crippen LogP contribution in [0.4, 0.5) is 0 Å². The van der Waals surface area contributed by atoms with E-state index in [4.69, 9.17) is 28.9 Å². The average Bonchev–Trinajstić information content (AvgIpc) is 2.76. The first-order valence-electron chi connectivity index (χ1n) is 7.31. The minimum Gasteiger partial charge on any atom is -0.370 e. The Morgan fingerprint density at radius 1 is 1.39 bits per heavy atom. The number of aromatic nitrogens is 1. The molecule has 0 aliphatic carbocycles. The first-order valence-corrected chi connectivity index (χ1v) is 8.88. The standard InChI is InChI=1S/C16H20Cl2N4S/c1-9(13-5-4-12(17)8-14(13)18)22-16(19)20-7-6-15-10(2)21-11(3)23-15/h4-5,8-9H,6-7H2,1-3H3,(H3,19,20,22). The molecule has 3 N–H and O–H groups in total. The maximum absolute atomic E-state index is 6.20. The summed E-state index contributed by atoms with van der Waals surface area (Å²) in [5.41, 5.74) is 7.97. The van der Waals surface area contributed by atoms with Crippen LogP contribution in [0.1, 0.15) is 34.1 Å². The number of nitrogens with zero attached hydrogens (tertiary/aromatic N) is 2. The third-order valence-electron chi connectivity index (χ3n) is 3.41. The summed E-state index contributed by atoms with van der Waals surface area (Å²) in [4.78, 5) is 10.0. The van der Waals surface area contributed by atoms with Crippen LogP contribution in [-0.4, -0.2) is 17.5 Å². The van der Waals surface area contributed by atoms with E-state index in [2.05, 4.69) is 15.3 Å². The van der Waals surface area contributed by atoms with E-state index in [0.29, 0.717) is 22.5 Å². The monoisotopic (exact) mass is 370 g/mol. The van der Waals surface area contributed by atoms with Gasteiger partial charge in [0.2, 0.25) is 0 Å². The van der Waals surface area contributed by atoms with Gasteiger partial charge in [-0.1, -0.05) is 29.3 Å². The van der Waals surface area contributed by atoms with Gasteiger partial charge in [0.15, 0.2) is 5.96 Å². The van der Waals surface area contributed by atoms with Crippen molar-refractivity contribution in [3.8, 4) is 0 Å². The van der Waals surface area contributed by atoms with Crippen molar-refractivity contribution < 1.29 is 0 Å². The highest BCUT2D eigenvalue weighted by molar-refractivity contribution is 7.11. The Morgan fingerprint density at radius 3 is 2.74 bits per heavy atom. The molecule has 0 spiro atoms. The summed E-state index contributed by atoms with van der Waals surface area (Å²) in [6.45, 7) is 6.64. The molecular formula is C16H20Cl2N4S. The summed E-state index contributed by atoms with van der Waals surface area (Å²) in [6, 6.07) is 5.37. The van der Waals surface area contributed by atoms with Crippen LogP contribution in [0.5, 0.6) is 0 Å². The molecule has 0 aliphatic heterocycles. The molecule has 0 saturated heterocycles. The molecule has 7 heteroatoms. The van der Waals surface area contributed by atoms with Gasteiger partial charge in [0.1, 0.15) is 0 Å². The summed E-state index contributed by atoms with van der Waals surface area (Å²) in [5.74, 6) is 0.405. The molecule has 1 aromatic heterocycles. The highest BCUT2D eigenvalue weighted by Crippen LogP contribution is 2.25. The third-order valence-corrected chi connectivity index (χ3v) is 5.11. The Morgan fingerprint density at radius 2 is 2.13 bits per heavy atom. The fourth-order valence-electron chi connectivity index (χ4n) is 2.28. The second-order valence-corrected chi connectivity index (χ2v) is 7.42. The van der Waals surface area contributed by atoms with Crippen molar-refractivity contribution in [1.82, 2.24) is 10.3 Å². The van der Waals surface area contributed by atoms with Gasteiger partial charge in [0.25, 0.3) is 0 Å². The number of aliphatic imine (C=N–C) groups is 1. The minimum absolute atomic E-state index is 0.0455. The number of hydrogen-bond donors (Lipinski definition) is 2. The summed E-state index contributed by atoms with van der Waals surface area (Å²) < 4.78 is 0. The molecular weight excluding hydrogens is 351 g/mol. The highest BCUT2D eigenvalue weighted by Gasteiger charge is 2.10. The second-order valence-electron chi connectivity index (χ2n) is 5.29. The molecule has 0 amide bonds. The van der Waals surface area contributed by atoms with Crippen molar-refractivity contribution in [2.45, 2.75) is 33.2 Å². The largest absolute Gasteiger partial charge is 0.370 e. The SMILES string of the molecule is Cc1nc(C)c(CCN=C(N)NC(C)c2ccc(Cl)cc2Cl)s1. The quantitative estimate of drug-likeness (QED) is 0.609. The average molecular weight is 371 g/mol. The first-order chi connectivity index (χ1) is 10.9. The lowest BCUT2D eigenvalue weighted by Crippen LogP contribution is -2.34. The predicted octanol–water partition coefficient (Wildman–Crippen LogP) is 4.27. The van der Waals surface area contributed by atoms with E-state index in [0.717, 1.165) is 22.7 Å². The van der Waals surface area contributed by atoms with Crippen LogP contribution in [0.3, 0.4) is 0 Å². The zero-order valence-corrected chi connectivity index (χ0v) is 15.7. The van der Waals surface area contributed by atoms with Crippen LogP contribution < -0.4 is 11.1 Å². The van der Waals surface area contributed by atoms with Gasteiger partial charge in [-0.15, -0.1) is 11.3 Å². The lowest BCUT2D eigenvalue weighted by atomic mass is 10.1. The van der Waals surface area contributed by atoms with Gasteiger partial charge in [0.05, 0.1) is 16.7 Å². The third kappa shape index (κ3) is 5.09. The van der Waals surface area contributed by atoms with Crippen molar-refractivity contribution in [3.63, 3.8) is 0 Å². The maximum Gasteiger partial charge on any atom is 0.189 e. The number of halogens is 2. The number of thiazole rings is 1. The van der Waals surface area contributed by atoms with Crippen molar-refractivity contribution in [3.05, 3.63) is 49.4 Å². The van der Waals surface area contributed by atoms with Gasteiger partial charge in [-0.3, -0.25) is 4.99 Å². The zero-order chi connectivity index (χ0) is 17.0. The number of guanidine groups is 1. The van der Waals surface area contributed by atoms with Crippen LogP contribution in [0.15, 0.2) is 23.2 Å². The molecule has 0 bridgehead atoms. The summed E-state index contributed by atoms with van der Waals surface area (Å²) in [7, 11) is 0. The Bertz CT molecular complexity index is 712. The van der Waals surface area contributed by atoms with E-state index < -0.39 is 0 Å². The second kappa shape index (κ2) is 7.99. The minimum atomic E-state index is -0.0455. The van der Waals surface area contributed by atoms with Crippen LogP contribution in [0, 0.1) is 13.8 Å². The molecule has 2 rings (SSSR count). The van der Waals surface area contributed by atoms with Crippen molar-refractivity contribution >= 4 is 40.5 Å². The van der Waals surface area contributed by atoms with Crippen LogP contribution in [-0.2, 0) is 6.42 Å². The van der Waals surface area contributed by atoms with Gasteiger partial charge in [-0.05, 0) is 38.5 Å². The molecule has 1 atom stereocenters. The van der Waals surface area contributed by atoms with Crippen LogP contribution in [0.2, 0.25) is 10.0 Å². The van der Waals surface area contributed by atoms with E-state index in [1.807, 2.05) is 32.9 Å². The Balaban J connectivity index is 1.92. The van der Waals surface area contributed by atoms with E-state index >= 15 is 0 Å². The normalized spacial score (nSPS) is 13.2. The molecule has 124 valence electrons. The topological polar surface area (TPSA) is 63.3 Å². The summed E-state index contributed by atoms with van der Waals surface area (Å²) in [5, 5.41) is 5.46. The molecule has 0 fully saturated rings.